The van der Waals surface area contributed by atoms with E-state index < -0.39 is 11.7 Å². The van der Waals surface area contributed by atoms with Gasteiger partial charge < -0.3 is 15.0 Å². The maximum absolute atomic E-state index is 12.9. The predicted molar refractivity (Wildman–Crippen MR) is 99.2 cm³/mol. The molecule has 138 valence electrons. The lowest BCUT2D eigenvalue weighted by Gasteiger charge is -2.21. The van der Waals surface area contributed by atoms with Crippen LogP contribution in [0.15, 0.2) is 42.5 Å². The molecular formula is C18H17Cl2FN2O3. The number of para-hydroxylation sites is 1. The van der Waals surface area contributed by atoms with Crippen molar-refractivity contribution in [2.45, 2.75) is 6.92 Å². The molecule has 0 bridgehead atoms. The first-order chi connectivity index (χ1) is 12.4. The maximum atomic E-state index is 12.9. The number of amides is 2. The first-order valence-electron chi connectivity index (χ1n) is 7.80. The van der Waals surface area contributed by atoms with Crippen molar-refractivity contribution >= 4 is 40.7 Å². The summed E-state index contributed by atoms with van der Waals surface area (Å²) in [5.41, 5.74) is 0.298. The Kier molecular flexibility index (Phi) is 7.24. The molecule has 1 N–H and O–H groups in total. The molecular weight excluding hydrogens is 382 g/mol. The van der Waals surface area contributed by atoms with E-state index >= 15 is 0 Å². The molecule has 2 amide bonds. The van der Waals surface area contributed by atoms with Gasteiger partial charge in [0.25, 0.3) is 5.91 Å². The van der Waals surface area contributed by atoms with Crippen molar-refractivity contribution in [3.05, 3.63) is 58.3 Å². The van der Waals surface area contributed by atoms with Crippen molar-refractivity contribution in [3.8, 4) is 5.75 Å². The molecule has 0 fully saturated rings. The van der Waals surface area contributed by atoms with Crippen LogP contribution in [0.1, 0.15) is 6.92 Å². The monoisotopic (exact) mass is 398 g/mol. The van der Waals surface area contributed by atoms with Gasteiger partial charge in [0, 0.05) is 6.54 Å². The summed E-state index contributed by atoms with van der Waals surface area (Å²) in [4.78, 5) is 25.8. The number of anilines is 1. The molecule has 0 saturated carbocycles. The third-order valence-corrected chi connectivity index (χ3v) is 4.10. The Morgan fingerprint density at radius 3 is 2.31 bits per heavy atom. The van der Waals surface area contributed by atoms with Gasteiger partial charge in [-0.1, -0.05) is 29.3 Å². The minimum absolute atomic E-state index is 0.177. The number of carbonyl (C=O) groups is 2. The van der Waals surface area contributed by atoms with Crippen LogP contribution in [-0.2, 0) is 9.59 Å². The molecule has 0 aliphatic heterocycles. The zero-order valence-corrected chi connectivity index (χ0v) is 15.5. The second-order valence-corrected chi connectivity index (χ2v) is 6.11. The van der Waals surface area contributed by atoms with Gasteiger partial charge in [-0.25, -0.2) is 4.39 Å². The third-order valence-electron chi connectivity index (χ3n) is 3.47. The van der Waals surface area contributed by atoms with E-state index in [2.05, 4.69) is 5.32 Å². The molecule has 0 heterocycles. The number of ether oxygens (including phenoxy) is 1. The summed E-state index contributed by atoms with van der Waals surface area (Å²) in [6.45, 7) is 1.62. The summed E-state index contributed by atoms with van der Waals surface area (Å²) in [5.74, 6) is -0.842. The Hall–Kier alpha value is -2.31. The smallest absolute Gasteiger partial charge is 0.260 e. The van der Waals surface area contributed by atoms with E-state index in [9.17, 15) is 14.0 Å². The van der Waals surface area contributed by atoms with Crippen LogP contribution in [0, 0.1) is 5.82 Å². The van der Waals surface area contributed by atoms with Gasteiger partial charge in [0.2, 0.25) is 5.91 Å². The van der Waals surface area contributed by atoms with E-state index in [-0.39, 0.29) is 19.1 Å². The lowest BCUT2D eigenvalue weighted by Crippen LogP contribution is -2.40. The number of hydrogen-bond donors (Lipinski definition) is 1. The second kappa shape index (κ2) is 9.40. The minimum atomic E-state index is -0.433. The molecule has 0 saturated heterocycles. The van der Waals surface area contributed by atoms with E-state index in [1.165, 1.54) is 29.2 Å². The summed E-state index contributed by atoms with van der Waals surface area (Å²) in [7, 11) is 0. The number of hydrogen-bond acceptors (Lipinski definition) is 3. The van der Waals surface area contributed by atoms with E-state index in [0.717, 1.165) is 0 Å². The van der Waals surface area contributed by atoms with Gasteiger partial charge in [0.05, 0.1) is 22.3 Å². The number of benzene rings is 2. The van der Waals surface area contributed by atoms with Crippen molar-refractivity contribution in [2.75, 3.05) is 25.0 Å². The molecule has 0 aromatic heterocycles. The highest BCUT2D eigenvalue weighted by Crippen LogP contribution is 2.29. The molecule has 2 rings (SSSR count). The van der Waals surface area contributed by atoms with Crippen LogP contribution < -0.4 is 10.1 Å². The fraction of sp³-hybridized carbons (Fsp3) is 0.222. The third kappa shape index (κ3) is 5.61. The van der Waals surface area contributed by atoms with Crippen LogP contribution in [0.5, 0.6) is 5.75 Å². The molecule has 0 radical (unpaired) electrons. The topological polar surface area (TPSA) is 58.6 Å². The van der Waals surface area contributed by atoms with E-state index in [4.69, 9.17) is 27.9 Å². The van der Waals surface area contributed by atoms with Crippen LogP contribution in [-0.4, -0.2) is 36.4 Å². The Morgan fingerprint density at radius 1 is 1.12 bits per heavy atom. The van der Waals surface area contributed by atoms with Crippen molar-refractivity contribution < 1.29 is 18.7 Å². The highest BCUT2D eigenvalue weighted by molar-refractivity contribution is 6.39. The van der Waals surface area contributed by atoms with Gasteiger partial charge in [0.15, 0.2) is 6.61 Å². The van der Waals surface area contributed by atoms with Gasteiger partial charge in [-0.3, -0.25) is 9.59 Å². The molecule has 2 aromatic carbocycles. The van der Waals surface area contributed by atoms with Crippen molar-refractivity contribution in [3.63, 3.8) is 0 Å². The largest absolute Gasteiger partial charge is 0.484 e. The number of nitrogens with one attached hydrogen (secondary N) is 1. The van der Waals surface area contributed by atoms with Crippen molar-refractivity contribution in [1.82, 2.24) is 4.90 Å². The highest BCUT2D eigenvalue weighted by atomic mass is 35.5. The maximum Gasteiger partial charge on any atom is 0.260 e. The van der Waals surface area contributed by atoms with Crippen molar-refractivity contribution in [2.24, 2.45) is 0 Å². The normalized spacial score (nSPS) is 10.3. The SMILES string of the molecule is CCN(CC(=O)Nc1c(Cl)cccc1Cl)C(=O)COc1ccc(F)cc1. The van der Waals surface area contributed by atoms with Crippen LogP contribution >= 0.6 is 23.2 Å². The van der Waals surface area contributed by atoms with Crippen LogP contribution in [0.4, 0.5) is 10.1 Å². The molecule has 0 atom stereocenters. The number of nitrogens with zero attached hydrogens (tertiary/aromatic N) is 1. The Bertz CT molecular complexity index is 764. The second-order valence-electron chi connectivity index (χ2n) is 5.30. The van der Waals surface area contributed by atoms with Crippen LogP contribution in [0.3, 0.4) is 0 Å². The molecule has 2 aromatic rings. The molecule has 0 spiro atoms. The van der Waals surface area contributed by atoms with Crippen LogP contribution in [0.25, 0.3) is 0 Å². The molecule has 0 unspecified atom stereocenters. The van der Waals surface area contributed by atoms with Gasteiger partial charge in [-0.05, 0) is 43.3 Å². The summed E-state index contributed by atoms with van der Waals surface area (Å²) < 4.78 is 18.2. The van der Waals surface area contributed by atoms with E-state index in [1.807, 2.05) is 0 Å². The fourth-order valence-corrected chi connectivity index (χ4v) is 2.60. The molecule has 26 heavy (non-hydrogen) atoms. The molecule has 0 aliphatic carbocycles. The Labute approximate surface area is 160 Å². The van der Waals surface area contributed by atoms with E-state index in [1.54, 1.807) is 25.1 Å². The van der Waals surface area contributed by atoms with Gasteiger partial charge in [0.1, 0.15) is 11.6 Å². The summed E-state index contributed by atoms with van der Waals surface area (Å²) in [6, 6.07) is 10.2. The first kappa shape index (κ1) is 20.0. The summed E-state index contributed by atoms with van der Waals surface area (Å²) >= 11 is 12.0. The molecule has 5 nitrogen and oxygen atoms in total. The summed E-state index contributed by atoms with van der Waals surface area (Å²) in [5, 5.41) is 3.21. The molecule has 8 heteroatoms. The Balaban J connectivity index is 1.91. The van der Waals surface area contributed by atoms with Gasteiger partial charge >= 0.3 is 0 Å². The number of halogens is 3. The fourth-order valence-electron chi connectivity index (χ4n) is 2.11. The summed E-state index contributed by atoms with van der Waals surface area (Å²) in [6.07, 6.45) is 0. The lowest BCUT2D eigenvalue weighted by atomic mass is 10.3. The number of rotatable bonds is 7. The van der Waals surface area contributed by atoms with E-state index in [0.29, 0.717) is 28.0 Å². The quantitative estimate of drug-likeness (QED) is 0.766. The van der Waals surface area contributed by atoms with Crippen molar-refractivity contribution in [1.29, 1.82) is 0 Å². The van der Waals surface area contributed by atoms with Gasteiger partial charge in [-0.15, -0.1) is 0 Å². The number of likely N-dealkylation sites (N-methyl/N-ethyl adjacent to an activating group) is 1. The average Bonchev–Trinajstić information content (AvgIpc) is 2.62. The van der Waals surface area contributed by atoms with Crippen LogP contribution in [0.2, 0.25) is 10.0 Å². The predicted octanol–water partition coefficient (Wildman–Crippen LogP) is 4.00. The first-order valence-corrected chi connectivity index (χ1v) is 8.56. The Morgan fingerprint density at radius 2 is 1.73 bits per heavy atom. The highest BCUT2D eigenvalue weighted by Gasteiger charge is 2.18. The van der Waals surface area contributed by atoms with Gasteiger partial charge in [-0.2, -0.15) is 0 Å². The zero-order valence-electron chi connectivity index (χ0n) is 14.0. The zero-order chi connectivity index (χ0) is 19.1. The minimum Gasteiger partial charge on any atom is -0.484 e. The molecule has 0 aliphatic rings. The lowest BCUT2D eigenvalue weighted by molar-refractivity contribution is -0.136. The standard InChI is InChI=1S/C18H17Cl2FN2O3/c1-2-23(17(25)11-26-13-8-6-12(21)7-9-13)10-16(24)22-18-14(19)4-3-5-15(18)20/h3-9H,2,10-11H2,1H3,(H,22,24). The average molecular weight is 399 g/mol. The number of carbonyl (C=O) groups excluding carboxylic acids is 2.